The van der Waals surface area contributed by atoms with Crippen LogP contribution in [-0.2, 0) is 14.2 Å². The van der Waals surface area contributed by atoms with E-state index in [0.717, 1.165) is 12.8 Å². The first-order valence-corrected chi connectivity index (χ1v) is 6.43. The van der Waals surface area contributed by atoms with Gasteiger partial charge in [-0.2, -0.15) is 0 Å². The van der Waals surface area contributed by atoms with Gasteiger partial charge < -0.3 is 14.2 Å². The van der Waals surface area contributed by atoms with E-state index in [1.54, 1.807) is 0 Å². The molecule has 0 aromatic heterocycles. The molecule has 4 heteroatoms. The molecule has 0 aliphatic rings. The quantitative estimate of drug-likeness (QED) is 0.413. The molecule has 104 valence electrons. The smallest absolute Gasteiger partial charge is 0.282 e. The number of alkyl halides is 1. The molecule has 0 spiro atoms. The Morgan fingerprint density at radius 1 is 0.941 bits per heavy atom. The predicted molar refractivity (Wildman–Crippen MR) is 66.6 cm³/mol. The van der Waals surface area contributed by atoms with Crippen LogP contribution in [0.1, 0.15) is 51.9 Å². The molecule has 0 amide bonds. The molecule has 0 rings (SSSR count). The summed E-state index contributed by atoms with van der Waals surface area (Å²) in [6, 6.07) is 0. The maximum Gasteiger partial charge on any atom is 0.282 e. The molecule has 0 aromatic carbocycles. The van der Waals surface area contributed by atoms with Crippen LogP contribution in [0.4, 0.5) is 4.39 Å². The van der Waals surface area contributed by atoms with E-state index < -0.39 is 12.1 Å². The summed E-state index contributed by atoms with van der Waals surface area (Å²) in [6.07, 6.45) is 5.06. The molecule has 1 atom stereocenters. The minimum atomic E-state index is -1.09. The number of ether oxygens (including phenoxy) is 3. The zero-order chi connectivity index (χ0) is 13.1. The highest BCUT2D eigenvalue weighted by Gasteiger charge is 2.30. The Morgan fingerprint density at radius 3 is 2.00 bits per heavy atom. The van der Waals surface area contributed by atoms with Crippen molar-refractivity contribution in [1.29, 1.82) is 0 Å². The number of hydrogen-bond donors (Lipinski definition) is 0. The van der Waals surface area contributed by atoms with Crippen LogP contribution < -0.4 is 0 Å². The molecule has 0 heterocycles. The van der Waals surface area contributed by atoms with Gasteiger partial charge in [-0.1, -0.05) is 32.6 Å². The molecule has 1 unspecified atom stereocenters. The summed E-state index contributed by atoms with van der Waals surface area (Å²) < 4.78 is 29.0. The Kier molecular flexibility index (Phi) is 9.69. The average molecular weight is 250 g/mol. The van der Waals surface area contributed by atoms with Gasteiger partial charge in [0.15, 0.2) is 0 Å². The molecule has 0 N–H and O–H groups in total. The van der Waals surface area contributed by atoms with Crippen molar-refractivity contribution in [3.8, 4) is 0 Å². The van der Waals surface area contributed by atoms with E-state index in [9.17, 15) is 4.39 Å². The summed E-state index contributed by atoms with van der Waals surface area (Å²) in [5, 5.41) is 0. The molecule has 0 fully saturated rings. The Morgan fingerprint density at radius 2 is 1.53 bits per heavy atom. The van der Waals surface area contributed by atoms with Crippen LogP contribution in [0.2, 0.25) is 0 Å². The van der Waals surface area contributed by atoms with Gasteiger partial charge in [0.05, 0.1) is 0 Å². The van der Waals surface area contributed by atoms with Crippen LogP contribution >= 0.6 is 0 Å². The summed E-state index contributed by atoms with van der Waals surface area (Å²) >= 11 is 0. The number of hydrogen-bond acceptors (Lipinski definition) is 3. The second-order valence-corrected chi connectivity index (χ2v) is 4.28. The molecule has 0 aromatic rings. The lowest BCUT2D eigenvalue weighted by molar-refractivity contribution is -0.356. The Hall–Kier alpha value is -0.190. The van der Waals surface area contributed by atoms with Crippen LogP contribution in [0.3, 0.4) is 0 Å². The van der Waals surface area contributed by atoms with Crippen molar-refractivity contribution >= 4 is 0 Å². The highest BCUT2D eigenvalue weighted by Crippen LogP contribution is 2.23. The van der Waals surface area contributed by atoms with E-state index in [4.69, 9.17) is 14.2 Å². The highest BCUT2D eigenvalue weighted by atomic mass is 19.1. The lowest BCUT2D eigenvalue weighted by Gasteiger charge is -2.29. The standard InChI is InChI=1S/C13H27FO3/c1-5-6-7-8-9-12(14)10-11-13(15-2,16-3)17-4/h12H,5-11H2,1-4H3. The highest BCUT2D eigenvalue weighted by molar-refractivity contribution is 4.63. The van der Waals surface area contributed by atoms with Gasteiger partial charge in [-0.15, -0.1) is 0 Å². The van der Waals surface area contributed by atoms with Gasteiger partial charge in [-0.05, 0) is 12.8 Å². The zero-order valence-corrected chi connectivity index (χ0v) is 11.6. The van der Waals surface area contributed by atoms with E-state index >= 15 is 0 Å². The van der Waals surface area contributed by atoms with Crippen molar-refractivity contribution in [2.24, 2.45) is 0 Å². The molecule has 0 bridgehead atoms. The molecular formula is C13H27FO3. The molecule has 0 radical (unpaired) electrons. The minimum Gasteiger partial charge on any atom is -0.331 e. The second kappa shape index (κ2) is 9.80. The van der Waals surface area contributed by atoms with Crippen molar-refractivity contribution in [3.05, 3.63) is 0 Å². The largest absolute Gasteiger partial charge is 0.331 e. The third-order valence-corrected chi connectivity index (χ3v) is 3.07. The first-order valence-electron chi connectivity index (χ1n) is 6.43. The molecule has 0 saturated carbocycles. The SMILES string of the molecule is CCCCCCC(F)CCC(OC)(OC)OC. The van der Waals surface area contributed by atoms with Crippen LogP contribution in [0.5, 0.6) is 0 Å². The third-order valence-electron chi connectivity index (χ3n) is 3.07. The monoisotopic (exact) mass is 250 g/mol. The van der Waals surface area contributed by atoms with Gasteiger partial charge in [0.25, 0.3) is 5.97 Å². The maximum atomic E-state index is 13.6. The van der Waals surface area contributed by atoms with Crippen molar-refractivity contribution < 1.29 is 18.6 Å². The Labute approximate surface area is 105 Å². The van der Waals surface area contributed by atoms with E-state index in [1.807, 2.05) is 0 Å². The molecule has 0 aliphatic heterocycles. The molecule has 0 saturated heterocycles. The first-order chi connectivity index (χ1) is 8.14. The van der Waals surface area contributed by atoms with Crippen LogP contribution in [-0.4, -0.2) is 33.5 Å². The van der Waals surface area contributed by atoms with Crippen LogP contribution in [0, 0.1) is 0 Å². The van der Waals surface area contributed by atoms with Gasteiger partial charge in [-0.3, -0.25) is 0 Å². The maximum absolute atomic E-state index is 13.6. The van der Waals surface area contributed by atoms with Crippen LogP contribution in [0.25, 0.3) is 0 Å². The summed E-state index contributed by atoms with van der Waals surface area (Å²) in [5.41, 5.74) is 0. The Bertz CT molecular complexity index is 164. The van der Waals surface area contributed by atoms with E-state index in [0.29, 0.717) is 19.3 Å². The first kappa shape index (κ1) is 16.8. The molecule has 3 nitrogen and oxygen atoms in total. The van der Waals surface area contributed by atoms with Gasteiger partial charge in [-0.25, -0.2) is 4.39 Å². The normalized spacial score (nSPS) is 13.9. The molecule has 17 heavy (non-hydrogen) atoms. The van der Waals surface area contributed by atoms with Crippen molar-refractivity contribution in [2.45, 2.75) is 64.0 Å². The van der Waals surface area contributed by atoms with Crippen molar-refractivity contribution in [3.63, 3.8) is 0 Å². The number of methoxy groups -OCH3 is 3. The molecular weight excluding hydrogens is 223 g/mol. The topological polar surface area (TPSA) is 27.7 Å². The Balaban J connectivity index is 3.76. The van der Waals surface area contributed by atoms with E-state index in [2.05, 4.69) is 6.92 Å². The van der Waals surface area contributed by atoms with E-state index in [1.165, 1.54) is 34.2 Å². The van der Waals surface area contributed by atoms with Gasteiger partial charge in [0, 0.05) is 27.8 Å². The fourth-order valence-corrected chi connectivity index (χ4v) is 1.83. The second-order valence-electron chi connectivity index (χ2n) is 4.28. The third kappa shape index (κ3) is 6.96. The summed E-state index contributed by atoms with van der Waals surface area (Å²) in [6.45, 7) is 2.15. The lowest BCUT2D eigenvalue weighted by atomic mass is 10.1. The minimum absolute atomic E-state index is 0.404. The molecule has 0 aliphatic carbocycles. The fraction of sp³-hybridized carbons (Fsp3) is 1.00. The summed E-state index contributed by atoms with van der Waals surface area (Å²) in [7, 11) is 4.50. The van der Waals surface area contributed by atoms with Crippen molar-refractivity contribution in [2.75, 3.05) is 21.3 Å². The predicted octanol–water partition coefficient (Wildman–Crippen LogP) is 3.67. The summed E-state index contributed by atoms with van der Waals surface area (Å²) in [5.74, 6) is -1.09. The summed E-state index contributed by atoms with van der Waals surface area (Å²) in [4.78, 5) is 0. The lowest BCUT2D eigenvalue weighted by Crippen LogP contribution is -2.36. The number of halogens is 1. The average Bonchev–Trinajstić information content (AvgIpc) is 2.37. The van der Waals surface area contributed by atoms with Gasteiger partial charge >= 0.3 is 0 Å². The van der Waals surface area contributed by atoms with E-state index in [-0.39, 0.29) is 0 Å². The number of unbranched alkanes of at least 4 members (excludes halogenated alkanes) is 3. The van der Waals surface area contributed by atoms with Crippen molar-refractivity contribution in [1.82, 2.24) is 0 Å². The van der Waals surface area contributed by atoms with Gasteiger partial charge in [0.2, 0.25) is 0 Å². The zero-order valence-electron chi connectivity index (χ0n) is 11.6. The number of rotatable bonds is 11. The van der Waals surface area contributed by atoms with Crippen LogP contribution in [0.15, 0.2) is 0 Å². The van der Waals surface area contributed by atoms with Gasteiger partial charge in [0.1, 0.15) is 6.17 Å². The fourth-order valence-electron chi connectivity index (χ4n) is 1.83.